The van der Waals surface area contributed by atoms with Crippen LogP contribution in [-0.4, -0.2) is 50.1 Å². The lowest BCUT2D eigenvalue weighted by Gasteiger charge is -2.17. The predicted octanol–water partition coefficient (Wildman–Crippen LogP) is 1.71. The van der Waals surface area contributed by atoms with Gasteiger partial charge in [0.15, 0.2) is 5.75 Å². The Bertz CT molecular complexity index is 490. The SMILES string of the molecule is COCCCN(C)C(=O)c1ccc(OC)c([N+](=O)[O-])c1. The second kappa shape index (κ2) is 7.44. The number of hydrogen-bond donors (Lipinski definition) is 0. The van der Waals surface area contributed by atoms with Gasteiger partial charge in [-0.25, -0.2) is 0 Å². The van der Waals surface area contributed by atoms with E-state index in [9.17, 15) is 14.9 Å². The average Bonchev–Trinajstić information content (AvgIpc) is 2.45. The largest absolute Gasteiger partial charge is 0.490 e. The van der Waals surface area contributed by atoms with Gasteiger partial charge in [0.25, 0.3) is 5.91 Å². The van der Waals surface area contributed by atoms with Crippen molar-refractivity contribution in [2.75, 3.05) is 34.4 Å². The molecule has 0 aliphatic heterocycles. The smallest absolute Gasteiger partial charge is 0.311 e. The van der Waals surface area contributed by atoms with Crippen molar-refractivity contribution >= 4 is 11.6 Å². The highest BCUT2D eigenvalue weighted by atomic mass is 16.6. The van der Waals surface area contributed by atoms with Crippen LogP contribution in [0.4, 0.5) is 5.69 Å². The summed E-state index contributed by atoms with van der Waals surface area (Å²) in [6, 6.07) is 4.17. The van der Waals surface area contributed by atoms with E-state index in [4.69, 9.17) is 9.47 Å². The first-order chi connectivity index (χ1) is 9.51. The maximum Gasteiger partial charge on any atom is 0.311 e. The minimum absolute atomic E-state index is 0.133. The van der Waals surface area contributed by atoms with Gasteiger partial charge in [0.2, 0.25) is 0 Å². The lowest BCUT2D eigenvalue weighted by molar-refractivity contribution is -0.385. The van der Waals surface area contributed by atoms with Crippen molar-refractivity contribution in [2.24, 2.45) is 0 Å². The second-order valence-electron chi connectivity index (χ2n) is 4.22. The summed E-state index contributed by atoms with van der Waals surface area (Å²) in [6.07, 6.45) is 0.705. The number of methoxy groups -OCH3 is 2. The Morgan fingerprint density at radius 2 is 2.10 bits per heavy atom. The van der Waals surface area contributed by atoms with Gasteiger partial charge in [-0.15, -0.1) is 0 Å². The Labute approximate surface area is 117 Å². The zero-order chi connectivity index (χ0) is 15.1. The molecule has 0 bridgehead atoms. The Morgan fingerprint density at radius 1 is 1.40 bits per heavy atom. The third-order valence-electron chi connectivity index (χ3n) is 2.81. The third kappa shape index (κ3) is 3.92. The van der Waals surface area contributed by atoms with Crippen LogP contribution in [0, 0.1) is 10.1 Å². The first-order valence-electron chi connectivity index (χ1n) is 6.08. The van der Waals surface area contributed by atoms with Gasteiger partial charge in [0.05, 0.1) is 12.0 Å². The first-order valence-corrected chi connectivity index (χ1v) is 6.08. The lowest BCUT2D eigenvalue weighted by atomic mass is 10.1. The van der Waals surface area contributed by atoms with E-state index in [0.717, 1.165) is 0 Å². The van der Waals surface area contributed by atoms with E-state index >= 15 is 0 Å². The van der Waals surface area contributed by atoms with Crippen LogP contribution < -0.4 is 4.74 Å². The van der Waals surface area contributed by atoms with Crippen LogP contribution in [0.15, 0.2) is 18.2 Å². The number of carbonyl (C=O) groups excluding carboxylic acids is 1. The highest BCUT2D eigenvalue weighted by Crippen LogP contribution is 2.27. The molecule has 0 radical (unpaired) electrons. The Balaban J connectivity index is 2.88. The Kier molecular flexibility index (Phi) is 5.92. The Hall–Kier alpha value is -2.15. The summed E-state index contributed by atoms with van der Waals surface area (Å²) in [5.41, 5.74) is 0.0426. The molecule has 0 atom stereocenters. The topological polar surface area (TPSA) is 81.9 Å². The molecule has 7 nitrogen and oxygen atoms in total. The fourth-order valence-electron chi connectivity index (χ4n) is 1.73. The first kappa shape index (κ1) is 15.9. The molecule has 1 aromatic carbocycles. The molecule has 1 aromatic rings. The maximum atomic E-state index is 12.1. The molecule has 0 heterocycles. The number of nitro groups is 1. The summed E-state index contributed by atoms with van der Waals surface area (Å²) in [6.45, 7) is 1.08. The predicted molar refractivity (Wildman–Crippen MR) is 73.1 cm³/mol. The number of benzene rings is 1. The molecule has 0 unspecified atom stereocenters. The highest BCUT2D eigenvalue weighted by Gasteiger charge is 2.19. The van der Waals surface area contributed by atoms with Crippen molar-refractivity contribution in [1.29, 1.82) is 0 Å². The van der Waals surface area contributed by atoms with E-state index in [2.05, 4.69) is 0 Å². The molecule has 0 aliphatic carbocycles. The number of hydrogen-bond acceptors (Lipinski definition) is 5. The number of rotatable bonds is 7. The minimum Gasteiger partial charge on any atom is -0.490 e. The minimum atomic E-state index is -0.569. The van der Waals surface area contributed by atoms with Crippen LogP contribution in [0.3, 0.4) is 0 Å². The zero-order valence-corrected chi connectivity index (χ0v) is 11.8. The molecular weight excluding hydrogens is 264 g/mol. The van der Waals surface area contributed by atoms with Crippen molar-refractivity contribution in [2.45, 2.75) is 6.42 Å². The van der Waals surface area contributed by atoms with Gasteiger partial charge in [-0.05, 0) is 18.6 Å². The van der Waals surface area contributed by atoms with Gasteiger partial charge in [-0.2, -0.15) is 0 Å². The molecule has 1 amide bonds. The van der Waals surface area contributed by atoms with Gasteiger partial charge in [-0.1, -0.05) is 0 Å². The standard InChI is InChI=1S/C13H18N2O5/c1-14(7-4-8-19-2)13(16)10-5-6-12(20-3)11(9-10)15(17)18/h5-6,9H,4,7-8H2,1-3H3. The molecule has 0 N–H and O–H groups in total. The monoisotopic (exact) mass is 282 g/mol. The van der Waals surface area contributed by atoms with Crippen LogP contribution in [-0.2, 0) is 4.74 Å². The van der Waals surface area contributed by atoms with E-state index in [1.54, 1.807) is 14.2 Å². The molecule has 0 saturated carbocycles. The van der Waals surface area contributed by atoms with Crippen LogP contribution in [0.25, 0.3) is 0 Å². The molecular formula is C13H18N2O5. The molecule has 0 spiro atoms. The number of carbonyl (C=O) groups is 1. The summed E-state index contributed by atoms with van der Waals surface area (Å²) in [4.78, 5) is 24.0. The molecule has 0 fully saturated rings. The normalized spacial score (nSPS) is 10.2. The zero-order valence-electron chi connectivity index (χ0n) is 11.8. The van der Waals surface area contributed by atoms with Crippen molar-refractivity contribution < 1.29 is 19.2 Å². The summed E-state index contributed by atoms with van der Waals surface area (Å²) in [7, 11) is 4.59. The summed E-state index contributed by atoms with van der Waals surface area (Å²) in [5.74, 6) is -0.138. The third-order valence-corrected chi connectivity index (χ3v) is 2.81. The van der Waals surface area contributed by atoms with Crippen molar-refractivity contribution in [3.63, 3.8) is 0 Å². The van der Waals surface area contributed by atoms with Crippen LogP contribution in [0.5, 0.6) is 5.75 Å². The fourth-order valence-corrected chi connectivity index (χ4v) is 1.73. The second-order valence-corrected chi connectivity index (χ2v) is 4.22. The molecule has 0 aliphatic rings. The van der Waals surface area contributed by atoms with Crippen LogP contribution >= 0.6 is 0 Å². The number of amides is 1. The summed E-state index contributed by atoms with van der Waals surface area (Å²) >= 11 is 0. The highest BCUT2D eigenvalue weighted by molar-refractivity contribution is 5.95. The van der Waals surface area contributed by atoms with Gasteiger partial charge in [0.1, 0.15) is 0 Å². The maximum absolute atomic E-state index is 12.1. The number of ether oxygens (including phenoxy) is 2. The van der Waals surface area contributed by atoms with Gasteiger partial charge >= 0.3 is 5.69 Å². The molecule has 1 rings (SSSR count). The van der Waals surface area contributed by atoms with E-state index < -0.39 is 4.92 Å². The van der Waals surface area contributed by atoms with Gasteiger partial charge < -0.3 is 14.4 Å². The van der Waals surface area contributed by atoms with Crippen molar-refractivity contribution in [3.8, 4) is 5.75 Å². The van der Waals surface area contributed by atoms with Gasteiger partial charge in [0, 0.05) is 38.9 Å². The number of nitrogens with zero attached hydrogens (tertiary/aromatic N) is 2. The van der Waals surface area contributed by atoms with Gasteiger partial charge in [-0.3, -0.25) is 14.9 Å². The molecule has 0 saturated heterocycles. The molecule has 7 heteroatoms. The van der Waals surface area contributed by atoms with Crippen molar-refractivity contribution in [1.82, 2.24) is 4.90 Å². The van der Waals surface area contributed by atoms with Crippen molar-refractivity contribution in [3.05, 3.63) is 33.9 Å². The quantitative estimate of drug-likeness (QED) is 0.432. The lowest BCUT2D eigenvalue weighted by Crippen LogP contribution is -2.28. The number of nitro benzene ring substituents is 1. The molecule has 20 heavy (non-hydrogen) atoms. The van der Waals surface area contributed by atoms with Crippen LogP contribution in [0.2, 0.25) is 0 Å². The average molecular weight is 282 g/mol. The summed E-state index contributed by atoms with van der Waals surface area (Å²) in [5, 5.41) is 10.9. The Morgan fingerprint density at radius 3 is 2.65 bits per heavy atom. The van der Waals surface area contributed by atoms with E-state index in [0.29, 0.717) is 19.6 Å². The van der Waals surface area contributed by atoms with E-state index in [1.807, 2.05) is 0 Å². The fraction of sp³-hybridized carbons (Fsp3) is 0.462. The van der Waals surface area contributed by atoms with Crippen LogP contribution in [0.1, 0.15) is 16.8 Å². The summed E-state index contributed by atoms with van der Waals surface area (Å²) < 4.78 is 9.81. The molecule has 110 valence electrons. The molecule has 0 aromatic heterocycles. The van der Waals surface area contributed by atoms with E-state index in [1.165, 1.54) is 30.2 Å². The van der Waals surface area contributed by atoms with E-state index in [-0.39, 0.29) is 22.9 Å².